The Morgan fingerprint density at radius 1 is 1.67 bits per heavy atom. The van der Waals surface area contributed by atoms with Crippen LogP contribution >= 0.6 is 0 Å². The summed E-state index contributed by atoms with van der Waals surface area (Å²) in [6, 6.07) is 3.91. The van der Waals surface area contributed by atoms with Crippen LogP contribution in [0.3, 0.4) is 0 Å². The Labute approximate surface area is 72.1 Å². The maximum absolute atomic E-state index is 4.29. The van der Waals surface area contributed by atoms with Crippen LogP contribution < -0.4 is 5.49 Å². The van der Waals surface area contributed by atoms with Crippen molar-refractivity contribution >= 4 is 6.20 Å². The molecule has 0 aliphatic rings. The monoisotopic (exact) mass is 163 g/mol. The summed E-state index contributed by atoms with van der Waals surface area (Å²) in [5.74, 6) is 0. The first-order chi connectivity index (χ1) is 5.81. The van der Waals surface area contributed by atoms with Gasteiger partial charge in [-0.25, -0.2) is 4.68 Å². The van der Waals surface area contributed by atoms with Crippen molar-refractivity contribution < 1.29 is 0 Å². The topological polar surface area (TPSA) is 30.2 Å². The molecule has 0 aliphatic carbocycles. The number of hydrogen-bond donors (Lipinski definition) is 0. The molecule has 0 aliphatic heterocycles. The zero-order valence-corrected chi connectivity index (χ0v) is 7.49. The molecule has 0 atom stereocenters. The Morgan fingerprint density at radius 3 is 2.92 bits per heavy atom. The lowest BCUT2D eigenvalue weighted by molar-refractivity contribution is 0.781. The molecule has 3 heteroatoms. The Morgan fingerprint density at radius 2 is 2.42 bits per heavy atom. The number of aromatic nitrogens is 2. The SMILES string of the molecule is C=Cn1nc(CC)ccc1=NC. The molecule has 3 nitrogen and oxygen atoms in total. The normalized spacial score (nSPS) is 11.7. The van der Waals surface area contributed by atoms with Crippen molar-refractivity contribution in [2.24, 2.45) is 4.99 Å². The lowest BCUT2D eigenvalue weighted by Gasteiger charge is -2.00. The largest absolute Gasteiger partial charge is 0.270 e. The Hall–Kier alpha value is -1.38. The van der Waals surface area contributed by atoms with Gasteiger partial charge in [-0.15, -0.1) is 0 Å². The second-order valence-corrected chi connectivity index (χ2v) is 2.39. The van der Waals surface area contributed by atoms with Gasteiger partial charge in [-0.05, 0) is 18.6 Å². The van der Waals surface area contributed by atoms with Crippen molar-refractivity contribution in [1.29, 1.82) is 0 Å². The zero-order valence-electron chi connectivity index (χ0n) is 7.49. The molecule has 12 heavy (non-hydrogen) atoms. The average molecular weight is 163 g/mol. The fourth-order valence-electron chi connectivity index (χ4n) is 0.970. The molecule has 0 saturated heterocycles. The van der Waals surface area contributed by atoms with Crippen LogP contribution in [0.1, 0.15) is 12.6 Å². The second-order valence-electron chi connectivity index (χ2n) is 2.39. The summed E-state index contributed by atoms with van der Waals surface area (Å²) in [7, 11) is 1.74. The van der Waals surface area contributed by atoms with E-state index in [0.29, 0.717) is 0 Å². The third kappa shape index (κ3) is 1.61. The van der Waals surface area contributed by atoms with Gasteiger partial charge in [0.1, 0.15) is 5.49 Å². The molecule has 1 rings (SSSR count). The summed E-state index contributed by atoms with van der Waals surface area (Å²) in [4.78, 5) is 4.05. The summed E-state index contributed by atoms with van der Waals surface area (Å²) in [6.45, 7) is 5.72. The molecule has 0 fully saturated rings. The van der Waals surface area contributed by atoms with Crippen LogP contribution in [-0.2, 0) is 6.42 Å². The van der Waals surface area contributed by atoms with Crippen LogP contribution in [-0.4, -0.2) is 16.8 Å². The van der Waals surface area contributed by atoms with Crippen LogP contribution in [0.2, 0.25) is 0 Å². The van der Waals surface area contributed by atoms with E-state index < -0.39 is 0 Å². The van der Waals surface area contributed by atoms with E-state index in [1.165, 1.54) is 0 Å². The molecule has 0 aromatic carbocycles. The third-order valence-corrected chi connectivity index (χ3v) is 1.66. The van der Waals surface area contributed by atoms with Crippen LogP contribution in [0.5, 0.6) is 0 Å². The quantitative estimate of drug-likeness (QED) is 0.641. The molecule has 64 valence electrons. The summed E-state index contributed by atoms with van der Waals surface area (Å²) < 4.78 is 1.68. The van der Waals surface area contributed by atoms with Gasteiger partial charge in [0.2, 0.25) is 0 Å². The van der Waals surface area contributed by atoms with E-state index in [2.05, 4.69) is 23.6 Å². The van der Waals surface area contributed by atoms with Gasteiger partial charge in [-0.1, -0.05) is 13.5 Å². The van der Waals surface area contributed by atoms with Crippen molar-refractivity contribution in [3.05, 3.63) is 29.9 Å². The summed E-state index contributed by atoms with van der Waals surface area (Å²) >= 11 is 0. The van der Waals surface area contributed by atoms with E-state index >= 15 is 0 Å². The molecule has 0 unspecified atom stereocenters. The molecule has 1 aromatic heterocycles. The second kappa shape index (κ2) is 3.85. The van der Waals surface area contributed by atoms with Gasteiger partial charge < -0.3 is 0 Å². The highest BCUT2D eigenvalue weighted by atomic mass is 15.3. The highest BCUT2D eigenvalue weighted by molar-refractivity contribution is 5.14. The van der Waals surface area contributed by atoms with Crippen molar-refractivity contribution in [3.63, 3.8) is 0 Å². The molecule has 0 spiro atoms. The van der Waals surface area contributed by atoms with Gasteiger partial charge in [0.05, 0.1) is 5.69 Å². The number of rotatable bonds is 2. The average Bonchev–Trinajstić information content (AvgIpc) is 2.16. The molecular weight excluding hydrogens is 150 g/mol. The highest BCUT2D eigenvalue weighted by Crippen LogP contribution is 1.90. The predicted octanol–water partition coefficient (Wildman–Crippen LogP) is 1.08. The van der Waals surface area contributed by atoms with Gasteiger partial charge in [0, 0.05) is 13.2 Å². The molecular formula is C9H13N3. The van der Waals surface area contributed by atoms with E-state index in [0.717, 1.165) is 17.6 Å². The van der Waals surface area contributed by atoms with Gasteiger partial charge in [0.25, 0.3) is 0 Å². The Balaban J connectivity index is 3.30. The summed E-state index contributed by atoms with van der Waals surface area (Å²) in [5.41, 5.74) is 1.87. The first kappa shape index (κ1) is 8.71. The third-order valence-electron chi connectivity index (χ3n) is 1.66. The standard InChI is InChI=1S/C9H13N3/c1-4-8-6-7-9(10-3)12(5-2)11-8/h5-7H,2,4H2,1,3H3. The van der Waals surface area contributed by atoms with Crippen molar-refractivity contribution in [2.45, 2.75) is 13.3 Å². The minimum atomic E-state index is 0.821. The lowest BCUT2D eigenvalue weighted by Crippen LogP contribution is -2.19. The zero-order chi connectivity index (χ0) is 8.97. The summed E-state index contributed by atoms with van der Waals surface area (Å²) in [6.07, 6.45) is 2.58. The number of nitrogens with zero attached hydrogens (tertiary/aromatic N) is 3. The summed E-state index contributed by atoms with van der Waals surface area (Å²) in [5, 5.41) is 4.29. The van der Waals surface area contributed by atoms with Crippen LogP contribution in [0.4, 0.5) is 0 Å². The Kier molecular flexibility index (Phi) is 2.80. The van der Waals surface area contributed by atoms with E-state index in [9.17, 15) is 0 Å². The number of hydrogen-bond acceptors (Lipinski definition) is 2. The van der Waals surface area contributed by atoms with Crippen LogP contribution in [0.25, 0.3) is 6.20 Å². The molecule has 0 bridgehead atoms. The minimum Gasteiger partial charge on any atom is -0.270 e. The fourth-order valence-corrected chi connectivity index (χ4v) is 0.970. The van der Waals surface area contributed by atoms with Crippen molar-refractivity contribution in [2.75, 3.05) is 7.05 Å². The van der Waals surface area contributed by atoms with Crippen LogP contribution in [0, 0.1) is 0 Å². The molecule has 0 N–H and O–H groups in total. The van der Waals surface area contributed by atoms with Gasteiger partial charge in [0.15, 0.2) is 0 Å². The smallest absolute Gasteiger partial charge is 0.148 e. The Bertz CT molecular complexity index is 336. The van der Waals surface area contributed by atoms with Gasteiger partial charge >= 0.3 is 0 Å². The molecule has 0 radical (unpaired) electrons. The maximum atomic E-state index is 4.29. The van der Waals surface area contributed by atoms with E-state index in [4.69, 9.17) is 0 Å². The van der Waals surface area contributed by atoms with Crippen LogP contribution in [0.15, 0.2) is 23.7 Å². The predicted molar refractivity (Wildman–Crippen MR) is 49.5 cm³/mol. The van der Waals surface area contributed by atoms with E-state index in [1.54, 1.807) is 17.9 Å². The molecule has 1 aromatic rings. The minimum absolute atomic E-state index is 0.821. The lowest BCUT2D eigenvalue weighted by atomic mass is 10.3. The molecule has 0 amide bonds. The van der Waals surface area contributed by atoms with Gasteiger partial charge in [-0.3, -0.25) is 4.99 Å². The van der Waals surface area contributed by atoms with Crippen molar-refractivity contribution in [3.8, 4) is 0 Å². The first-order valence-electron chi connectivity index (χ1n) is 3.96. The fraction of sp³-hybridized carbons (Fsp3) is 0.333. The maximum Gasteiger partial charge on any atom is 0.148 e. The van der Waals surface area contributed by atoms with E-state index in [1.807, 2.05) is 12.1 Å². The number of aryl methyl sites for hydroxylation is 1. The molecule has 1 heterocycles. The van der Waals surface area contributed by atoms with E-state index in [-0.39, 0.29) is 0 Å². The highest BCUT2D eigenvalue weighted by Gasteiger charge is 1.92. The molecule has 0 saturated carbocycles. The first-order valence-corrected chi connectivity index (χ1v) is 3.96. The van der Waals surface area contributed by atoms with Crippen molar-refractivity contribution in [1.82, 2.24) is 9.78 Å². The van der Waals surface area contributed by atoms with Gasteiger partial charge in [-0.2, -0.15) is 5.10 Å².